The maximum absolute atomic E-state index is 4.90. The van der Waals surface area contributed by atoms with Crippen LogP contribution >= 0.6 is 0 Å². The van der Waals surface area contributed by atoms with Crippen LogP contribution in [0.3, 0.4) is 0 Å². The van der Waals surface area contributed by atoms with Gasteiger partial charge in [0.1, 0.15) is 0 Å². The van der Waals surface area contributed by atoms with Gasteiger partial charge in [0.25, 0.3) is 0 Å². The Hall–Kier alpha value is -1.58. The number of hydrogen-bond donors (Lipinski definition) is 0. The van der Waals surface area contributed by atoms with Gasteiger partial charge in [0, 0.05) is 13.2 Å². The van der Waals surface area contributed by atoms with Crippen molar-refractivity contribution in [1.29, 1.82) is 0 Å². The number of rotatable bonds is 3. The second-order valence-electron chi connectivity index (χ2n) is 2.45. The van der Waals surface area contributed by atoms with E-state index >= 15 is 0 Å². The Kier molecular flexibility index (Phi) is 3.75. The fourth-order valence-electron chi connectivity index (χ4n) is 0.809. The van der Waals surface area contributed by atoms with Crippen molar-refractivity contribution in [3.63, 3.8) is 0 Å². The van der Waals surface area contributed by atoms with Crippen LogP contribution in [0, 0.1) is 0 Å². The third-order valence-corrected chi connectivity index (χ3v) is 1.48. The van der Waals surface area contributed by atoms with E-state index in [1.165, 1.54) is 6.40 Å². The summed E-state index contributed by atoms with van der Waals surface area (Å²) in [6.07, 6.45) is 3.25. The maximum atomic E-state index is 4.90. The van der Waals surface area contributed by atoms with E-state index in [1.807, 2.05) is 42.9 Å². The molecule has 0 saturated carbocycles. The zero-order valence-electron chi connectivity index (χ0n) is 7.84. The van der Waals surface area contributed by atoms with E-state index in [2.05, 4.69) is 10.2 Å². The minimum Gasteiger partial charge on any atom is -0.482 e. The molecule has 1 heterocycles. The number of aryl methyl sites for hydroxylation is 1. The van der Waals surface area contributed by atoms with Crippen molar-refractivity contribution in [2.45, 2.75) is 6.92 Å². The quantitative estimate of drug-likeness (QED) is 0.386. The van der Waals surface area contributed by atoms with E-state index in [0.717, 1.165) is 5.49 Å². The third-order valence-electron chi connectivity index (χ3n) is 1.48. The van der Waals surface area contributed by atoms with Gasteiger partial charge in [0.05, 0.1) is 6.61 Å². The van der Waals surface area contributed by atoms with E-state index in [9.17, 15) is 0 Å². The summed E-state index contributed by atoms with van der Waals surface area (Å²) in [6.45, 7) is 2.51. The van der Waals surface area contributed by atoms with Crippen molar-refractivity contribution < 1.29 is 4.74 Å². The highest BCUT2D eigenvalue weighted by Crippen LogP contribution is 1.77. The van der Waals surface area contributed by atoms with E-state index in [0.29, 0.717) is 6.61 Å². The molecule has 0 fully saturated rings. The highest BCUT2D eigenvalue weighted by molar-refractivity contribution is 5.45. The second kappa shape index (κ2) is 5.13. The number of aromatic nitrogens is 1. The summed E-state index contributed by atoms with van der Waals surface area (Å²) in [7, 11) is 1.91. The molecule has 4 heteroatoms. The Morgan fingerprint density at radius 2 is 2.38 bits per heavy atom. The monoisotopic (exact) mass is 179 g/mol. The van der Waals surface area contributed by atoms with Crippen molar-refractivity contribution in [3.8, 4) is 0 Å². The fraction of sp³-hybridized carbons (Fsp3) is 0.333. The minimum atomic E-state index is 0.611. The summed E-state index contributed by atoms with van der Waals surface area (Å²) in [4.78, 5) is 0. The Morgan fingerprint density at radius 3 is 3.08 bits per heavy atom. The molecule has 1 rings (SSSR count). The van der Waals surface area contributed by atoms with Gasteiger partial charge >= 0.3 is 0 Å². The fourth-order valence-corrected chi connectivity index (χ4v) is 0.809. The molecule has 0 aliphatic heterocycles. The van der Waals surface area contributed by atoms with Gasteiger partial charge in [-0.05, 0) is 19.1 Å². The van der Waals surface area contributed by atoms with Crippen LogP contribution in [0.15, 0.2) is 34.6 Å². The lowest BCUT2D eigenvalue weighted by Gasteiger charge is -1.94. The highest BCUT2D eigenvalue weighted by Gasteiger charge is 1.81. The second-order valence-corrected chi connectivity index (χ2v) is 2.45. The molecule has 0 atom stereocenters. The van der Waals surface area contributed by atoms with Crippen molar-refractivity contribution in [1.82, 2.24) is 4.57 Å². The molecule has 1 aromatic heterocycles. The smallest absolute Gasteiger partial charge is 0.195 e. The predicted octanol–water partition coefficient (Wildman–Crippen LogP) is 0.906. The SMILES string of the molecule is CCOC=NN=c1ccccn1C. The number of ether oxygens (including phenoxy) is 1. The molecule has 0 aliphatic rings. The van der Waals surface area contributed by atoms with Gasteiger partial charge in [-0.1, -0.05) is 6.07 Å². The number of nitrogens with zero attached hydrogens (tertiary/aromatic N) is 3. The zero-order chi connectivity index (χ0) is 9.52. The average molecular weight is 179 g/mol. The molecule has 0 unspecified atom stereocenters. The molecule has 70 valence electrons. The van der Waals surface area contributed by atoms with Gasteiger partial charge in [0.15, 0.2) is 11.9 Å². The van der Waals surface area contributed by atoms with E-state index in [1.54, 1.807) is 0 Å². The first-order valence-electron chi connectivity index (χ1n) is 4.13. The van der Waals surface area contributed by atoms with Crippen LogP contribution in [-0.2, 0) is 11.8 Å². The topological polar surface area (TPSA) is 38.9 Å². The van der Waals surface area contributed by atoms with Gasteiger partial charge in [0.2, 0.25) is 0 Å². The first kappa shape index (κ1) is 9.51. The lowest BCUT2D eigenvalue weighted by atomic mass is 10.5. The standard InChI is InChI=1S/C9H13N3O/c1-3-13-8-10-11-9-6-4-5-7-12(9)2/h4-8H,3H2,1-2H3. The molecule has 0 saturated heterocycles. The number of pyridine rings is 1. The van der Waals surface area contributed by atoms with Gasteiger partial charge in [-0.2, -0.15) is 0 Å². The molecule has 0 spiro atoms. The van der Waals surface area contributed by atoms with Gasteiger partial charge < -0.3 is 9.30 Å². The molecule has 0 aliphatic carbocycles. The van der Waals surface area contributed by atoms with E-state index < -0.39 is 0 Å². The Bertz CT molecular complexity index is 341. The van der Waals surface area contributed by atoms with Crippen LogP contribution in [0.4, 0.5) is 0 Å². The highest BCUT2D eigenvalue weighted by atomic mass is 16.5. The van der Waals surface area contributed by atoms with Crippen LogP contribution < -0.4 is 5.49 Å². The van der Waals surface area contributed by atoms with Crippen LogP contribution in [0.2, 0.25) is 0 Å². The lowest BCUT2D eigenvalue weighted by molar-refractivity contribution is 0.342. The molecule has 1 aromatic rings. The summed E-state index contributed by atoms with van der Waals surface area (Å²) in [5.41, 5.74) is 0.790. The van der Waals surface area contributed by atoms with Gasteiger partial charge in [-0.3, -0.25) is 0 Å². The van der Waals surface area contributed by atoms with Gasteiger partial charge in [-0.15, -0.1) is 10.2 Å². The zero-order valence-corrected chi connectivity index (χ0v) is 7.84. The Labute approximate surface area is 77.2 Å². The minimum absolute atomic E-state index is 0.611. The molecular weight excluding hydrogens is 166 g/mol. The summed E-state index contributed by atoms with van der Waals surface area (Å²) < 4.78 is 6.78. The lowest BCUT2D eigenvalue weighted by Crippen LogP contribution is -2.15. The van der Waals surface area contributed by atoms with Crippen LogP contribution in [-0.4, -0.2) is 17.6 Å². The largest absolute Gasteiger partial charge is 0.482 e. The molecule has 0 radical (unpaired) electrons. The number of hydrogen-bond acceptors (Lipinski definition) is 3. The summed E-state index contributed by atoms with van der Waals surface area (Å²) in [6, 6.07) is 5.73. The first-order valence-corrected chi connectivity index (χ1v) is 4.13. The molecule has 0 N–H and O–H groups in total. The summed E-state index contributed by atoms with van der Waals surface area (Å²) in [5, 5.41) is 7.70. The third kappa shape index (κ3) is 3.11. The van der Waals surface area contributed by atoms with Crippen LogP contribution in [0.25, 0.3) is 0 Å². The molecule has 0 amide bonds. The molecule has 0 bridgehead atoms. The molecular formula is C9H13N3O. The Morgan fingerprint density at radius 1 is 1.54 bits per heavy atom. The summed E-state index contributed by atoms with van der Waals surface area (Å²) in [5.74, 6) is 0. The van der Waals surface area contributed by atoms with Crippen molar-refractivity contribution in [2.24, 2.45) is 17.3 Å². The average Bonchev–Trinajstić information content (AvgIpc) is 2.15. The van der Waals surface area contributed by atoms with Crippen molar-refractivity contribution >= 4 is 6.40 Å². The van der Waals surface area contributed by atoms with E-state index in [-0.39, 0.29) is 0 Å². The Balaban J connectivity index is 2.76. The van der Waals surface area contributed by atoms with E-state index in [4.69, 9.17) is 4.74 Å². The summed E-state index contributed by atoms with van der Waals surface area (Å²) >= 11 is 0. The van der Waals surface area contributed by atoms with Crippen molar-refractivity contribution in [3.05, 3.63) is 29.9 Å². The molecule has 13 heavy (non-hydrogen) atoms. The maximum Gasteiger partial charge on any atom is 0.195 e. The van der Waals surface area contributed by atoms with Crippen molar-refractivity contribution in [2.75, 3.05) is 6.61 Å². The van der Waals surface area contributed by atoms with Crippen LogP contribution in [0.5, 0.6) is 0 Å². The molecule has 0 aromatic carbocycles. The predicted molar refractivity (Wildman–Crippen MR) is 51.1 cm³/mol. The molecule has 4 nitrogen and oxygen atoms in total. The van der Waals surface area contributed by atoms with Gasteiger partial charge in [-0.25, -0.2) is 0 Å². The first-order chi connectivity index (χ1) is 6.34. The van der Waals surface area contributed by atoms with Crippen LogP contribution in [0.1, 0.15) is 6.92 Å². The normalized spacial score (nSPS) is 12.3.